The highest BCUT2D eigenvalue weighted by atomic mass is 19.1. The van der Waals surface area contributed by atoms with E-state index >= 15 is 0 Å². The Morgan fingerprint density at radius 3 is 2.58 bits per heavy atom. The maximum absolute atomic E-state index is 13.7. The average Bonchev–Trinajstić information content (AvgIpc) is 2.80. The third-order valence-electron chi connectivity index (χ3n) is 2.39. The van der Waals surface area contributed by atoms with Crippen LogP contribution in [-0.4, -0.2) is 11.6 Å². The summed E-state index contributed by atoms with van der Waals surface area (Å²) in [5.74, 6) is -0.715. The van der Waals surface area contributed by atoms with E-state index in [0.29, 0.717) is 11.3 Å². The molecular weight excluding hydrogens is 247 g/mol. The summed E-state index contributed by atoms with van der Waals surface area (Å²) in [6.07, 6.45) is 1.52. The molecule has 0 fully saturated rings. The van der Waals surface area contributed by atoms with Gasteiger partial charge in [-0.25, -0.2) is 9.18 Å². The predicted octanol–water partition coefficient (Wildman–Crippen LogP) is 4.04. The largest absolute Gasteiger partial charge is 0.464 e. The molecule has 0 spiro atoms. The van der Waals surface area contributed by atoms with Gasteiger partial charge in [0.1, 0.15) is 17.2 Å². The first-order valence-electron chi connectivity index (χ1n) is 5.93. The fraction of sp³-hybridized carbons (Fsp3) is 0.267. The zero-order valence-electron chi connectivity index (χ0n) is 11.1. The maximum atomic E-state index is 13.7. The Morgan fingerprint density at radius 2 is 2.00 bits per heavy atom. The summed E-state index contributed by atoms with van der Waals surface area (Å²) in [7, 11) is 0. The highest BCUT2D eigenvalue weighted by molar-refractivity contribution is 5.91. The number of benzene rings is 1. The van der Waals surface area contributed by atoms with Crippen LogP contribution in [0.3, 0.4) is 0 Å². The summed E-state index contributed by atoms with van der Waals surface area (Å²) in [5, 5.41) is 0. The van der Waals surface area contributed by atoms with Crippen molar-refractivity contribution in [3.05, 3.63) is 48.0 Å². The molecule has 3 nitrogen and oxygen atoms in total. The molecule has 0 unspecified atom stereocenters. The van der Waals surface area contributed by atoms with Crippen LogP contribution < -0.4 is 0 Å². The molecule has 0 atom stereocenters. The molecule has 0 radical (unpaired) electrons. The smallest absolute Gasteiger partial charge is 0.341 e. The Labute approximate surface area is 111 Å². The highest BCUT2D eigenvalue weighted by Gasteiger charge is 2.21. The first kappa shape index (κ1) is 13.3. The number of hydrogen-bond acceptors (Lipinski definition) is 3. The lowest BCUT2D eigenvalue weighted by molar-refractivity contribution is 0.00648. The number of carbonyl (C=O) groups is 1. The Balaban J connectivity index is 2.35. The molecule has 1 aromatic carbocycles. The van der Waals surface area contributed by atoms with Crippen molar-refractivity contribution in [1.29, 1.82) is 0 Å². The molecule has 1 aromatic heterocycles. The highest BCUT2D eigenvalue weighted by Crippen LogP contribution is 2.24. The van der Waals surface area contributed by atoms with Crippen molar-refractivity contribution in [2.24, 2.45) is 0 Å². The molecule has 0 aliphatic carbocycles. The second-order valence-electron chi connectivity index (χ2n) is 5.17. The van der Waals surface area contributed by atoms with Gasteiger partial charge in [-0.3, -0.25) is 0 Å². The van der Waals surface area contributed by atoms with Crippen LogP contribution in [0.5, 0.6) is 0 Å². The lowest BCUT2D eigenvalue weighted by Crippen LogP contribution is -2.24. The van der Waals surface area contributed by atoms with Crippen LogP contribution in [0, 0.1) is 5.82 Å². The third-order valence-corrected chi connectivity index (χ3v) is 2.39. The minimum Gasteiger partial charge on any atom is -0.464 e. The lowest BCUT2D eigenvalue weighted by Gasteiger charge is -2.19. The fourth-order valence-corrected chi connectivity index (χ4v) is 1.61. The van der Waals surface area contributed by atoms with Crippen molar-refractivity contribution in [2.75, 3.05) is 0 Å². The summed E-state index contributed by atoms with van der Waals surface area (Å²) in [5.41, 5.74) is -0.124. The molecule has 0 aliphatic heterocycles. The number of ether oxygens (including phenoxy) is 1. The molecule has 0 N–H and O–H groups in total. The topological polar surface area (TPSA) is 39.4 Å². The van der Waals surface area contributed by atoms with Gasteiger partial charge in [0.25, 0.3) is 0 Å². The molecule has 4 heteroatoms. The van der Waals surface area contributed by atoms with Crippen LogP contribution >= 0.6 is 0 Å². The second kappa shape index (κ2) is 4.88. The number of halogens is 1. The van der Waals surface area contributed by atoms with E-state index in [1.807, 2.05) is 0 Å². The van der Waals surface area contributed by atoms with Gasteiger partial charge in [-0.2, -0.15) is 0 Å². The van der Waals surface area contributed by atoms with Crippen molar-refractivity contribution >= 4 is 5.97 Å². The first-order chi connectivity index (χ1) is 8.87. The van der Waals surface area contributed by atoms with E-state index in [1.165, 1.54) is 18.4 Å². The molecule has 1 heterocycles. The van der Waals surface area contributed by atoms with Gasteiger partial charge < -0.3 is 9.15 Å². The molecule has 100 valence electrons. The van der Waals surface area contributed by atoms with E-state index in [0.717, 1.165) is 0 Å². The average molecular weight is 262 g/mol. The quantitative estimate of drug-likeness (QED) is 0.767. The summed E-state index contributed by atoms with van der Waals surface area (Å²) < 4.78 is 24.1. The van der Waals surface area contributed by atoms with E-state index in [4.69, 9.17) is 9.15 Å². The zero-order valence-corrected chi connectivity index (χ0v) is 11.1. The van der Waals surface area contributed by atoms with Crippen LogP contribution in [0.15, 0.2) is 41.0 Å². The van der Waals surface area contributed by atoms with E-state index < -0.39 is 17.4 Å². The van der Waals surface area contributed by atoms with Gasteiger partial charge >= 0.3 is 5.97 Å². The lowest BCUT2D eigenvalue weighted by atomic mass is 10.1. The monoisotopic (exact) mass is 262 g/mol. The number of rotatable bonds is 2. The summed E-state index contributed by atoms with van der Waals surface area (Å²) >= 11 is 0. The van der Waals surface area contributed by atoms with Gasteiger partial charge in [-0.05, 0) is 51.1 Å². The summed E-state index contributed by atoms with van der Waals surface area (Å²) in [4.78, 5) is 11.9. The molecule has 0 aliphatic rings. The molecule has 0 amide bonds. The summed E-state index contributed by atoms with van der Waals surface area (Å²) in [6, 6.07) is 7.69. The summed E-state index contributed by atoms with van der Waals surface area (Å²) in [6.45, 7) is 5.21. The second-order valence-corrected chi connectivity index (χ2v) is 5.17. The Kier molecular flexibility index (Phi) is 3.42. The van der Waals surface area contributed by atoms with Crippen molar-refractivity contribution < 1.29 is 18.3 Å². The van der Waals surface area contributed by atoms with Crippen LogP contribution in [0.4, 0.5) is 4.39 Å². The predicted molar refractivity (Wildman–Crippen MR) is 69.3 cm³/mol. The molecule has 0 saturated heterocycles. The Morgan fingerprint density at radius 1 is 1.26 bits per heavy atom. The molecular formula is C15H15FO3. The molecule has 0 bridgehead atoms. The van der Waals surface area contributed by atoms with Crippen LogP contribution in [0.1, 0.15) is 31.1 Å². The van der Waals surface area contributed by atoms with Gasteiger partial charge in [-0.1, -0.05) is 0 Å². The van der Waals surface area contributed by atoms with Crippen molar-refractivity contribution in [3.8, 4) is 11.3 Å². The molecule has 0 saturated carbocycles. The number of esters is 1. The first-order valence-corrected chi connectivity index (χ1v) is 5.93. The van der Waals surface area contributed by atoms with Gasteiger partial charge in [0.05, 0.1) is 11.8 Å². The van der Waals surface area contributed by atoms with Crippen molar-refractivity contribution in [1.82, 2.24) is 0 Å². The van der Waals surface area contributed by atoms with Crippen LogP contribution in [0.25, 0.3) is 11.3 Å². The normalized spacial score (nSPS) is 11.4. The van der Waals surface area contributed by atoms with Crippen molar-refractivity contribution in [2.45, 2.75) is 26.4 Å². The van der Waals surface area contributed by atoms with Gasteiger partial charge in [-0.15, -0.1) is 0 Å². The van der Waals surface area contributed by atoms with Crippen LogP contribution in [-0.2, 0) is 4.74 Å². The maximum Gasteiger partial charge on any atom is 0.341 e. The van der Waals surface area contributed by atoms with Gasteiger partial charge in [0.2, 0.25) is 0 Å². The minimum atomic E-state index is -0.682. The van der Waals surface area contributed by atoms with E-state index in [-0.39, 0.29) is 5.56 Å². The van der Waals surface area contributed by atoms with E-state index in [9.17, 15) is 9.18 Å². The number of hydrogen-bond donors (Lipinski definition) is 0. The van der Waals surface area contributed by atoms with E-state index in [2.05, 4.69) is 0 Å². The van der Waals surface area contributed by atoms with Crippen molar-refractivity contribution in [3.63, 3.8) is 0 Å². The minimum absolute atomic E-state index is 0.0937. The molecule has 19 heavy (non-hydrogen) atoms. The SMILES string of the molecule is CC(C)(C)OC(=O)c1cc(-c2ccco2)ccc1F. The number of carbonyl (C=O) groups excluding carboxylic acids is 1. The van der Waals surface area contributed by atoms with E-state index in [1.54, 1.807) is 39.0 Å². The Hall–Kier alpha value is -2.10. The number of furan rings is 1. The van der Waals surface area contributed by atoms with Gasteiger partial charge in [0, 0.05) is 5.56 Å². The van der Waals surface area contributed by atoms with Gasteiger partial charge in [0.15, 0.2) is 0 Å². The molecule has 2 rings (SSSR count). The zero-order chi connectivity index (χ0) is 14.0. The Bertz CT molecular complexity index is 580. The van der Waals surface area contributed by atoms with Crippen LogP contribution in [0.2, 0.25) is 0 Å². The molecule has 2 aromatic rings. The fourth-order valence-electron chi connectivity index (χ4n) is 1.61. The third kappa shape index (κ3) is 3.22. The standard InChI is InChI=1S/C15H15FO3/c1-15(2,3)19-14(17)11-9-10(6-7-12(11)16)13-5-4-8-18-13/h4-9H,1-3H3.